The zero-order chi connectivity index (χ0) is 11.4. The van der Waals surface area contributed by atoms with Crippen LogP contribution in [0.5, 0.6) is 5.75 Å². The Labute approximate surface area is 95.7 Å². The molecule has 0 aliphatic rings. The van der Waals surface area contributed by atoms with Gasteiger partial charge >= 0.3 is 0 Å². The highest BCUT2D eigenvalue weighted by Crippen LogP contribution is 2.26. The molecule has 82 valence electrons. The summed E-state index contributed by atoms with van der Waals surface area (Å²) in [5.41, 5.74) is 0. The maximum atomic E-state index is 12.9. The third kappa shape index (κ3) is 3.20. The van der Waals surface area contributed by atoms with Crippen LogP contribution in [-0.4, -0.2) is 19.1 Å². The Kier molecular flexibility index (Phi) is 4.08. The van der Waals surface area contributed by atoms with Crippen molar-refractivity contribution in [3.8, 4) is 5.75 Å². The Morgan fingerprint density at radius 1 is 1.60 bits per heavy atom. The molecule has 0 aliphatic carbocycles. The van der Waals surface area contributed by atoms with Crippen LogP contribution in [-0.2, 0) is 4.79 Å². The molecule has 1 N–H and O–H groups in total. The fraction of sp³-hybridized carbons (Fsp3) is 0.300. The normalized spacial score (nSPS) is 12.0. The van der Waals surface area contributed by atoms with Crippen LogP contribution >= 0.6 is 15.9 Å². The highest BCUT2D eigenvalue weighted by atomic mass is 79.9. The van der Waals surface area contributed by atoms with E-state index in [1.54, 1.807) is 6.92 Å². The maximum absolute atomic E-state index is 12.9. The number of hydrogen-bond acceptors (Lipinski definition) is 2. The monoisotopic (exact) mass is 275 g/mol. The SMILES string of the molecule is CNC(=O)C(C)Oc1cc(F)ccc1Br. The van der Waals surface area contributed by atoms with Crippen molar-refractivity contribution in [3.63, 3.8) is 0 Å². The first-order valence-electron chi connectivity index (χ1n) is 4.38. The highest BCUT2D eigenvalue weighted by molar-refractivity contribution is 9.10. The quantitative estimate of drug-likeness (QED) is 0.918. The van der Waals surface area contributed by atoms with Crippen molar-refractivity contribution >= 4 is 21.8 Å². The molecule has 0 spiro atoms. The Morgan fingerprint density at radius 2 is 2.27 bits per heavy atom. The topological polar surface area (TPSA) is 38.3 Å². The fourth-order valence-electron chi connectivity index (χ4n) is 1.01. The molecule has 1 aromatic carbocycles. The van der Waals surface area contributed by atoms with Crippen LogP contribution in [0.2, 0.25) is 0 Å². The average Bonchev–Trinajstić information content (AvgIpc) is 2.22. The van der Waals surface area contributed by atoms with Gasteiger partial charge in [0.05, 0.1) is 4.47 Å². The van der Waals surface area contributed by atoms with E-state index in [-0.39, 0.29) is 5.91 Å². The molecule has 1 rings (SSSR count). The van der Waals surface area contributed by atoms with Gasteiger partial charge in [-0.3, -0.25) is 4.79 Å². The summed E-state index contributed by atoms with van der Waals surface area (Å²) >= 11 is 3.21. The Bertz CT molecular complexity index is 370. The van der Waals surface area contributed by atoms with E-state index in [1.807, 2.05) is 0 Å². The smallest absolute Gasteiger partial charge is 0.260 e. The average molecular weight is 276 g/mol. The first-order chi connectivity index (χ1) is 7.04. The lowest BCUT2D eigenvalue weighted by atomic mass is 10.3. The molecule has 0 bridgehead atoms. The second-order valence-corrected chi connectivity index (χ2v) is 3.80. The standard InChI is InChI=1S/C10H11BrFNO2/c1-6(10(14)13-2)15-9-5-7(12)3-4-8(9)11/h3-6H,1-2H3,(H,13,14). The van der Waals surface area contributed by atoms with E-state index in [4.69, 9.17) is 4.74 Å². The summed E-state index contributed by atoms with van der Waals surface area (Å²) < 4.78 is 18.8. The zero-order valence-electron chi connectivity index (χ0n) is 8.38. The lowest BCUT2D eigenvalue weighted by Crippen LogP contribution is -2.33. The summed E-state index contributed by atoms with van der Waals surface area (Å²) in [4.78, 5) is 11.2. The van der Waals surface area contributed by atoms with E-state index >= 15 is 0 Å². The molecular formula is C10H11BrFNO2. The largest absolute Gasteiger partial charge is 0.480 e. The third-order valence-corrected chi connectivity index (χ3v) is 2.47. The van der Waals surface area contributed by atoms with Gasteiger partial charge in [-0.15, -0.1) is 0 Å². The van der Waals surface area contributed by atoms with Crippen LogP contribution < -0.4 is 10.1 Å². The Balaban J connectivity index is 2.80. The minimum atomic E-state index is -0.659. The van der Waals surface area contributed by atoms with Crippen molar-refractivity contribution in [2.45, 2.75) is 13.0 Å². The number of ether oxygens (including phenoxy) is 1. The van der Waals surface area contributed by atoms with Gasteiger partial charge < -0.3 is 10.1 Å². The van der Waals surface area contributed by atoms with Crippen molar-refractivity contribution in [2.24, 2.45) is 0 Å². The first kappa shape index (κ1) is 12.0. The molecule has 1 aromatic rings. The van der Waals surface area contributed by atoms with Gasteiger partial charge in [0, 0.05) is 13.1 Å². The van der Waals surface area contributed by atoms with Gasteiger partial charge in [0.2, 0.25) is 0 Å². The van der Waals surface area contributed by atoms with E-state index in [0.29, 0.717) is 10.2 Å². The first-order valence-corrected chi connectivity index (χ1v) is 5.17. The number of rotatable bonds is 3. The second kappa shape index (κ2) is 5.11. The molecule has 0 saturated carbocycles. The van der Waals surface area contributed by atoms with Gasteiger partial charge in [-0.2, -0.15) is 0 Å². The van der Waals surface area contributed by atoms with Crippen molar-refractivity contribution < 1.29 is 13.9 Å². The van der Waals surface area contributed by atoms with E-state index in [1.165, 1.54) is 25.2 Å². The molecule has 1 atom stereocenters. The summed E-state index contributed by atoms with van der Waals surface area (Å²) in [5, 5.41) is 2.45. The van der Waals surface area contributed by atoms with Gasteiger partial charge in [0.25, 0.3) is 5.91 Å². The van der Waals surface area contributed by atoms with Crippen molar-refractivity contribution in [2.75, 3.05) is 7.05 Å². The second-order valence-electron chi connectivity index (χ2n) is 2.95. The summed E-state index contributed by atoms with van der Waals surface area (Å²) in [6.45, 7) is 1.59. The van der Waals surface area contributed by atoms with Gasteiger partial charge in [-0.1, -0.05) is 0 Å². The molecule has 0 aliphatic heterocycles. The van der Waals surface area contributed by atoms with Crippen LogP contribution in [0.1, 0.15) is 6.92 Å². The third-order valence-electron chi connectivity index (χ3n) is 1.81. The lowest BCUT2D eigenvalue weighted by Gasteiger charge is -2.14. The van der Waals surface area contributed by atoms with Gasteiger partial charge in [0.15, 0.2) is 6.10 Å². The predicted octanol–water partition coefficient (Wildman–Crippen LogP) is 2.10. The Morgan fingerprint density at radius 3 is 2.87 bits per heavy atom. The van der Waals surface area contributed by atoms with Crippen LogP contribution in [0, 0.1) is 5.82 Å². The maximum Gasteiger partial charge on any atom is 0.260 e. The predicted molar refractivity (Wildman–Crippen MR) is 58.3 cm³/mol. The number of amides is 1. The van der Waals surface area contributed by atoms with E-state index in [2.05, 4.69) is 21.2 Å². The number of nitrogens with one attached hydrogen (secondary N) is 1. The highest BCUT2D eigenvalue weighted by Gasteiger charge is 2.14. The zero-order valence-corrected chi connectivity index (χ0v) is 9.97. The molecule has 3 nitrogen and oxygen atoms in total. The van der Waals surface area contributed by atoms with Crippen LogP contribution in [0.15, 0.2) is 22.7 Å². The lowest BCUT2D eigenvalue weighted by molar-refractivity contribution is -0.126. The van der Waals surface area contributed by atoms with Crippen LogP contribution in [0.25, 0.3) is 0 Å². The van der Waals surface area contributed by atoms with Gasteiger partial charge in [-0.05, 0) is 35.0 Å². The van der Waals surface area contributed by atoms with E-state index < -0.39 is 11.9 Å². The minimum Gasteiger partial charge on any atom is -0.480 e. The molecule has 5 heteroatoms. The molecule has 1 unspecified atom stereocenters. The van der Waals surface area contributed by atoms with Crippen molar-refractivity contribution in [1.29, 1.82) is 0 Å². The minimum absolute atomic E-state index is 0.258. The van der Waals surface area contributed by atoms with E-state index in [0.717, 1.165) is 0 Å². The molecule has 1 amide bonds. The van der Waals surface area contributed by atoms with Gasteiger partial charge in [-0.25, -0.2) is 4.39 Å². The molecule has 15 heavy (non-hydrogen) atoms. The molecular weight excluding hydrogens is 265 g/mol. The molecule has 0 heterocycles. The molecule has 0 aromatic heterocycles. The number of carbonyl (C=O) groups is 1. The summed E-state index contributed by atoms with van der Waals surface area (Å²) in [6.07, 6.45) is -0.659. The number of hydrogen-bond donors (Lipinski definition) is 1. The summed E-state index contributed by atoms with van der Waals surface area (Å²) in [5.74, 6) is -0.352. The Hall–Kier alpha value is -1.10. The van der Waals surface area contributed by atoms with Crippen molar-refractivity contribution in [3.05, 3.63) is 28.5 Å². The summed E-state index contributed by atoms with van der Waals surface area (Å²) in [7, 11) is 1.52. The van der Waals surface area contributed by atoms with Crippen LogP contribution in [0.4, 0.5) is 4.39 Å². The number of halogens is 2. The summed E-state index contributed by atoms with van der Waals surface area (Å²) in [6, 6.07) is 4.06. The van der Waals surface area contributed by atoms with Crippen molar-refractivity contribution in [1.82, 2.24) is 5.32 Å². The number of benzene rings is 1. The number of carbonyl (C=O) groups excluding carboxylic acids is 1. The number of likely N-dealkylation sites (N-methyl/N-ethyl adjacent to an activating group) is 1. The molecule has 0 radical (unpaired) electrons. The molecule has 0 saturated heterocycles. The van der Waals surface area contributed by atoms with Crippen LogP contribution in [0.3, 0.4) is 0 Å². The fourth-order valence-corrected chi connectivity index (χ4v) is 1.35. The molecule has 0 fully saturated rings. The van der Waals surface area contributed by atoms with E-state index in [9.17, 15) is 9.18 Å². The van der Waals surface area contributed by atoms with Gasteiger partial charge in [0.1, 0.15) is 11.6 Å².